The summed E-state index contributed by atoms with van der Waals surface area (Å²) >= 11 is 0. The molecule has 0 heterocycles. The lowest BCUT2D eigenvalue weighted by Crippen LogP contribution is -2.27. The number of hydrogen-bond donors (Lipinski definition) is 0. The number of hydrogen-bond acceptors (Lipinski definition) is 0. The third kappa shape index (κ3) is 2.48. The van der Waals surface area contributed by atoms with Crippen molar-refractivity contribution >= 4 is 0 Å². The van der Waals surface area contributed by atoms with Crippen LogP contribution in [0.1, 0.15) is 64.7 Å². The fourth-order valence-electron chi connectivity index (χ4n) is 3.22. The molecule has 0 radical (unpaired) electrons. The van der Waals surface area contributed by atoms with Crippen molar-refractivity contribution < 1.29 is 0 Å². The molecule has 0 aliphatic heterocycles. The van der Waals surface area contributed by atoms with Crippen LogP contribution in [-0.4, -0.2) is 0 Å². The van der Waals surface area contributed by atoms with Crippen LogP contribution in [0.4, 0.5) is 0 Å². The minimum Gasteiger partial charge on any atom is -0.0625 e. The van der Waals surface area contributed by atoms with E-state index in [1.807, 2.05) is 0 Å². The molecule has 76 valence electrons. The standard InChI is InChI=1S/C13H24/c1-11-6-4-2-3-5-7-12-8-9-13(12)10-11/h11-13H,2-10H2,1H3. The predicted octanol–water partition coefficient (Wildman–Crippen LogP) is 4.39. The molecule has 2 aliphatic rings. The van der Waals surface area contributed by atoms with Crippen molar-refractivity contribution in [2.45, 2.75) is 64.7 Å². The van der Waals surface area contributed by atoms with E-state index in [1.54, 1.807) is 25.7 Å². The second-order valence-corrected chi connectivity index (χ2v) is 5.43. The molecule has 3 atom stereocenters. The fraction of sp³-hybridized carbons (Fsp3) is 1.00. The highest BCUT2D eigenvalue weighted by atomic mass is 14.4. The molecule has 0 aromatic carbocycles. The third-order valence-corrected chi connectivity index (χ3v) is 4.30. The van der Waals surface area contributed by atoms with E-state index < -0.39 is 0 Å². The maximum Gasteiger partial charge on any atom is -0.0383 e. The molecular weight excluding hydrogens is 156 g/mol. The monoisotopic (exact) mass is 180 g/mol. The van der Waals surface area contributed by atoms with Gasteiger partial charge in [-0.05, 0) is 37.0 Å². The first kappa shape index (κ1) is 9.55. The van der Waals surface area contributed by atoms with Crippen molar-refractivity contribution in [1.82, 2.24) is 0 Å². The molecule has 0 heteroatoms. The van der Waals surface area contributed by atoms with Crippen LogP contribution in [0.5, 0.6) is 0 Å². The van der Waals surface area contributed by atoms with Gasteiger partial charge in [-0.15, -0.1) is 0 Å². The second kappa shape index (κ2) is 4.48. The van der Waals surface area contributed by atoms with Crippen LogP contribution in [-0.2, 0) is 0 Å². The number of fused-ring (bicyclic) bond motifs is 1. The van der Waals surface area contributed by atoms with Crippen LogP contribution in [0.15, 0.2) is 0 Å². The van der Waals surface area contributed by atoms with Crippen LogP contribution in [0.2, 0.25) is 0 Å². The molecular formula is C13H24. The van der Waals surface area contributed by atoms with E-state index in [-0.39, 0.29) is 0 Å². The smallest absolute Gasteiger partial charge is 0.0383 e. The van der Waals surface area contributed by atoms with Crippen molar-refractivity contribution in [2.75, 3.05) is 0 Å². The van der Waals surface area contributed by atoms with Crippen LogP contribution in [0.25, 0.3) is 0 Å². The highest BCUT2D eigenvalue weighted by molar-refractivity contribution is 4.82. The molecule has 2 rings (SSSR count). The summed E-state index contributed by atoms with van der Waals surface area (Å²) in [5, 5.41) is 0. The van der Waals surface area contributed by atoms with Crippen LogP contribution >= 0.6 is 0 Å². The molecule has 0 N–H and O–H groups in total. The summed E-state index contributed by atoms with van der Waals surface area (Å²) in [5.74, 6) is 3.29. The first-order valence-corrected chi connectivity index (χ1v) is 6.36. The Morgan fingerprint density at radius 3 is 2.08 bits per heavy atom. The van der Waals surface area contributed by atoms with Gasteiger partial charge in [0.1, 0.15) is 0 Å². The van der Waals surface area contributed by atoms with Gasteiger partial charge in [0.15, 0.2) is 0 Å². The molecule has 0 amide bonds. The van der Waals surface area contributed by atoms with E-state index in [4.69, 9.17) is 0 Å². The predicted molar refractivity (Wildman–Crippen MR) is 57.7 cm³/mol. The topological polar surface area (TPSA) is 0 Å². The van der Waals surface area contributed by atoms with E-state index in [0.29, 0.717) is 0 Å². The highest BCUT2D eigenvalue weighted by Crippen LogP contribution is 2.43. The summed E-state index contributed by atoms with van der Waals surface area (Å²) in [6.07, 6.45) is 13.7. The molecule has 0 aromatic rings. The van der Waals surface area contributed by atoms with E-state index in [2.05, 4.69) is 6.92 Å². The van der Waals surface area contributed by atoms with Crippen molar-refractivity contribution in [3.05, 3.63) is 0 Å². The SMILES string of the molecule is CC1CCCCCCC2CCC2C1. The van der Waals surface area contributed by atoms with E-state index in [9.17, 15) is 0 Å². The normalized spacial score (nSPS) is 41.8. The summed E-state index contributed by atoms with van der Waals surface area (Å²) in [6.45, 7) is 2.47. The summed E-state index contributed by atoms with van der Waals surface area (Å²) in [6, 6.07) is 0. The first-order chi connectivity index (χ1) is 6.36. The summed E-state index contributed by atoms with van der Waals surface area (Å²) in [4.78, 5) is 0. The maximum absolute atomic E-state index is 2.47. The Bertz CT molecular complexity index is 150. The van der Waals surface area contributed by atoms with Crippen LogP contribution in [0, 0.1) is 17.8 Å². The minimum atomic E-state index is 1.02. The number of rotatable bonds is 0. The Kier molecular flexibility index (Phi) is 3.29. The maximum atomic E-state index is 2.47. The van der Waals surface area contributed by atoms with E-state index in [1.165, 1.54) is 32.1 Å². The van der Waals surface area contributed by atoms with Crippen molar-refractivity contribution in [2.24, 2.45) is 17.8 Å². The van der Waals surface area contributed by atoms with Gasteiger partial charge in [-0.1, -0.05) is 45.4 Å². The third-order valence-electron chi connectivity index (χ3n) is 4.30. The zero-order valence-corrected chi connectivity index (χ0v) is 9.10. The Labute approximate surface area is 83.1 Å². The first-order valence-electron chi connectivity index (χ1n) is 6.36. The van der Waals surface area contributed by atoms with Gasteiger partial charge < -0.3 is 0 Å². The molecule has 13 heavy (non-hydrogen) atoms. The lowest BCUT2D eigenvalue weighted by Gasteiger charge is -2.39. The average molecular weight is 180 g/mol. The lowest BCUT2D eigenvalue weighted by atomic mass is 9.67. The molecule has 0 nitrogen and oxygen atoms in total. The molecule has 2 aliphatic carbocycles. The van der Waals surface area contributed by atoms with Gasteiger partial charge in [0, 0.05) is 0 Å². The Morgan fingerprint density at radius 2 is 1.38 bits per heavy atom. The molecule has 2 saturated carbocycles. The van der Waals surface area contributed by atoms with Gasteiger partial charge >= 0.3 is 0 Å². The van der Waals surface area contributed by atoms with Crippen molar-refractivity contribution in [1.29, 1.82) is 0 Å². The molecule has 3 unspecified atom stereocenters. The van der Waals surface area contributed by atoms with Gasteiger partial charge in [0.25, 0.3) is 0 Å². The van der Waals surface area contributed by atoms with Gasteiger partial charge in [-0.2, -0.15) is 0 Å². The minimum absolute atomic E-state index is 1.02. The van der Waals surface area contributed by atoms with Crippen LogP contribution < -0.4 is 0 Å². The van der Waals surface area contributed by atoms with E-state index in [0.717, 1.165) is 17.8 Å². The molecule has 0 aromatic heterocycles. The Morgan fingerprint density at radius 1 is 0.692 bits per heavy atom. The Hall–Kier alpha value is 0. The molecule has 0 bridgehead atoms. The van der Waals surface area contributed by atoms with E-state index >= 15 is 0 Å². The van der Waals surface area contributed by atoms with Gasteiger partial charge in [-0.3, -0.25) is 0 Å². The quantitative estimate of drug-likeness (QED) is 0.518. The zero-order chi connectivity index (χ0) is 9.10. The Balaban J connectivity index is 1.82. The molecule has 0 spiro atoms. The van der Waals surface area contributed by atoms with Gasteiger partial charge in [-0.25, -0.2) is 0 Å². The van der Waals surface area contributed by atoms with Crippen molar-refractivity contribution in [3.8, 4) is 0 Å². The molecule has 2 fully saturated rings. The second-order valence-electron chi connectivity index (χ2n) is 5.43. The average Bonchev–Trinajstić information content (AvgIpc) is 2.10. The summed E-state index contributed by atoms with van der Waals surface area (Å²) < 4.78 is 0. The lowest BCUT2D eigenvalue weighted by molar-refractivity contribution is 0.124. The molecule has 0 saturated heterocycles. The summed E-state index contributed by atoms with van der Waals surface area (Å²) in [5.41, 5.74) is 0. The zero-order valence-electron chi connectivity index (χ0n) is 9.10. The van der Waals surface area contributed by atoms with Gasteiger partial charge in [0.2, 0.25) is 0 Å². The van der Waals surface area contributed by atoms with Crippen LogP contribution in [0.3, 0.4) is 0 Å². The highest BCUT2D eigenvalue weighted by Gasteiger charge is 2.31. The van der Waals surface area contributed by atoms with Crippen molar-refractivity contribution in [3.63, 3.8) is 0 Å². The van der Waals surface area contributed by atoms with Gasteiger partial charge in [0.05, 0.1) is 0 Å². The summed E-state index contributed by atoms with van der Waals surface area (Å²) in [7, 11) is 0. The fourth-order valence-corrected chi connectivity index (χ4v) is 3.22. The largest absolute Gasteiger partial charge is 0.0625 e.